The molecule has 0 bridgehead atoms. The van der Waals surface area contributed by atoms with Gasteiger partial charge in [0.05, 0.1) is 0 Å². The maximum absolute atomic E-state index is 6.12. The number of hydrogen-bond donors (Lipinski definition) is 1. The topological polar surface area (TPSA) is 26.0 Å². The monoisotopic (exact) mass is 161 g/mol. The van der Waals surface area contributed by atoms with Crippen molar-refractivity contribution in [3.63, 3.8) is 0 Å². The van der Waals surface area contributed by atoms with E-state index in [4.69, 9.17) is 5.73 Å². The lowest BCUT2D eigenvalue weighted by Gasteiger charge is -2.09. The molecule has 2 N–H and O–H groups in total. The summed E-state index contributed by atoms with van der Waals surface area (Å²) in [6.07, 6.45) is 2.22. The van der Waals surface area contributed by atoms with Crippen molar-refractivity contribution in [1.29, 1.82) is 0 Å². The van der Waals surface area contributed by atoms with E-state index in [9.17, 15) is 0 Å². The van der Waals surface area contributed by atoms with Crippen LogP contribution in [0.4, 0.5) is 0 Å². The second-order valence-corrected chi connectivity index (χ2v) is 4.00. The normalized spacial score (nSPS) is 33.3. The van der Waals surface area contributed by atoms with Gasteiger partial charge < -0.3 is 5.73 Å². The molecule has 0 spiro atoms. The van der Waals surface area contributed by atoms with Crippen LogP contribution in [0.5, 0.6) is 0 Å². The van der Waals surface area contributed by atoms with Gasteiger partial charge in [-0.3, -0.25) is 0 Å². The number of nitrogens with two attached hydrogens (primary N) is 1. The lowest BCUT2D eigenvalue weighted by molar-refractivity contribution is 0.615. The minimum atomic E-state index is 0.112. The minimum absolute atomic E-state index is 0.112. The molecule has 1 aliphatic rings. The third-order valence-corrected chi connectivity index (χ3v) is 2.88. The van der Waals surface area contributed by atoms with Crippen molar-refractivity contribution in [3.8, 4) is 0 Å². The van der Waals surface area contributed by atoms with Crippen LogP contribution in [-0.4, -0.2) is 5.54 Å². The van der Waals surface area contributed by atoms with E-state index in [-0.39, 0.29) is 5.54 Å². The zero-order valence-corrected chi connectivity index (χ0v) is 7.46. The molecule has 0 amide bonds. The fourth-order valence-electron chi connectivity index (χ4n) is 1.73. The van der Waals surface area contributed by atoms with E-state index in [1.165, 1.54) is 12.0 Å². The second-order valence-electron chi connectivity index (χ2n) is 4.00. The Hall–Kier alpha value is -0.820. The number of rotatable bonds is 2. The van der Waals surface area contributed by atoms with Crippen LogP contribution in [-0.2, 0) is 6.42 Å². The molecule has 2 atom stereocenters. The van der Waals surface area contributed by atoms with Gasteiger partial charge in [0.15, 0.2) is 0 Å². The molecule has 2 rings (SSSR count). The van der Waals surface area contributed by atoms with Crippen LogP contribution in [0.1, 0.15) is 18.9 Å². The zero-order chi connectivity index (χ0) is 8.60. The largest absolute Gasteiger partial charge is 0.325 e. The third kappa shape index (κ3) is 1.37. The van der Waals surface area contributed by atoms with Gasteiger partial charge in [-0.1, -0.05) is 37.3 Å². The van der Waals surface area contributed by atoms with Gasteiger partial charge in [0.2, 0.25) is 0 Å². The molecule has 1 nitrogen and oxygen atoms in total. The Labute approximate surface area is 73.6 Å². The summed E-state index contributed by atoms with van der Waals surface area (Å²) < 4.78 is 0. The van der Waals surface area contributed by atoms with Crippen molar-refractivity contribution >= 4 is 0 Å². The predicted molar refractivity (Wildman–Crippen MR) is 50.8 cm³/mol. The van der Waals surface area contributed by atoms with Crippen LogP contribution >= 0.6 is 0 Å². The van der Waals surface area contributed by atoms with E-state index in [1.54, 1.807) is 0 Å². The molecule has 1 saturated carbocycles. The molecule has 64 valence electrons. The van der Waals surface area contributed by atoms with Gasteiger partial charge in [-0.25, -0.2) is 0 Å². The summed E-state index contributed by atoms with van der Waals surface area (Å²) in [5.41, 5.74) is 7.60. The quantitative estimate of drug-likeness (QED) is 0.705. The van der Waals surface area contributed by atoms with E-state index in [0.29, 0.717) is 5.92 Å². The highest BCUT2D eigenvalue weighted by molar-refractivity contribution is 5.21. The van der Waals surface area contributed by atoms with Crippen LogP contribution < -0.4 is 5.73 Å². The lowest BCUT2D eigenvalue weighted by atomic mass is 10.0. The SMILES string of the molecule is CC1CC1(N)Cc1ccccc1. The van der Waals surface area contributed by atoms with Gasteiger partial charge in [0.25, 0.3) is 0 Å². The Kier molecular flexibility index (Phi) is 1.69. The Morgan fingerprint density at radius 1 is 1.42 bits per heavy atom. The second kappa shape index (κ2) is 2.60. The lowest BCUT2D eigenvalue weighted by Crippen LogP contribution is -2.27. The molecule has 2 unspecified atom stereocenters. The summed E-state index contributed by atoms with van der Waals surface area (Å²) in [7, 11) is 0. The average Bonchev–Trinajstić information content (AvgIpc) is 2.61. The third-order valence-electron chi connectivity index (χ3n) is 2.88. The molecular weight excluding hydrogens is 146 g/mol. The first-order chi connectivity index (χ1) is 5.71. The molecule has 0 aromatic heterocycles. The molecule has 12 heavy (non-hydrogen) atoms. The molecule has 0 heterocycles. The minimum Gasteiger partial charge on any atom is -0.325 e. The predicted octanol–water partition coefficient (Wildman–Crippen LogP) is 1.97. The summed E-state index contributed by atoms with van der Waals surface area (Å²) >= 11 is 0. The molecule has 1 fully saturated rings. The van der Waals surface area contributed by atoms with E-state index in [0.717, 1.165) is 6.42 Å². The van der Waals surface area contributed by atoms with Gasteiger partial charge in [0, 0.05) is 5.54 Å². The molecule has 1 aromatic rings. The van der Waals surface area contributed by atoms with E-state index < -0.39 is 0 Å². The summed E-state index contributed by atoms with van der Waals surface area (Å²) in [6.45, 7) is 2.23. The highest BCUT2D eigenvalue weighted by Gasteiger charge is 2.46. The van der Waals surface area contributed by atoms with Crippen LogP contribution in [0.2, 0.25) is 0 Å². The maximum Gasteiger partial charge on any atom is 0.0224 e. The smallest absolute Gasteiger partial charge is 0.0224 e. The Balaban J connectivity index is 2.06. The fourth-order valence-corrected chi connectivity index (χ4v) is 1.73. The van der Waals surface area contributed by atoms with Gasteiger partial charge >= 0.3 is 0 Å². The fraction of sp³-hybridized carbons (Fsp3) is 0.455. The van der Waals surface area contributed by atoms with Crippen molar-refractivity contribution in [2.24, 2.45) is 11.7 Å². The Morgan fingerprint density at radius 3 is 2.50 bits per heavy atom. The molecule has 0 saturated heterocycles. The van der Waals surface area contributed by atoms with E-state index in [1.807, 2.05) is 6.07 Å². The molecule has 0 aliphatic heterocycles. The van der Waals surface area contributed by atoms with Crippen molar-refractivity contribution in [2.75, 3.05) is 0 Å². The van der Waals surface area contributed by atoms with Crippen molar-refractivity contribution in [2.45, 2.75) is 25.3 Å². The molecule has 1 heteroatoms. The van der Waals surface area contributed by atoms with Crippen LogP contribution in [0.25, 0.3) is 0 Å². The molecule has 1 aliphatic carbocycles. The maximum atomic E-state index is 6.12. The zero-order valence-electron chi connectivity index (χ0n) is 7.46. The Morgan fingerprint density at radius 2 is 2.00 bits per heavy atom. The summed E-state index contributed by atoms with van der Waals surface area (Å²) in [5, 5.41) is 0. The van der Waals surface area contributed by atoms with Gasteiger partial charge in [-0.2, -0.15) is 0 Å². The van der Waals surface area contributed by atoms with E-state index in [2.05, 4.69) is 31.2 Å². The number of benzene rings is 1. The average molecular weight is 161 g/mol. The Bertz CT molecular complexity index is 268. The standard InChI is InChI=1S/C11H15N/c1-9-7-11(9,12)8-10-5-3-2-4-6-10/h2-6,9H,7-8,12H2,1H3. The first-order valence-electron chi connectivity index (χ1n) is 4.53. The highest BCUT2D eigenvalue weighted by Crippen LogP contribution is 2.42. The number of hydrogen-bond acceptors (Lipinski definition) is 1. The summed E-state index contributed by atoms with van der Waals surface area (Å²) in [6, 6.07) is 10.5. The van der Waals surface area contributed by atoms with E-state index >= 15 is 0 Å². The van der Waals surface area contributed by atoms with Gasteiger partial charge in [-0.15, -0.1) is 0 Å². The van der Waals surface area contributed by atoms with Crippen LogP contribution in [0.15, 0.2) is 30.3 Å². The van der Waals surface area contributed by atoms with Gasteiger partial charge in [0.1, 0.15) is 0 Å². The first kappa shape index (κ1) is 7.81. The van der Waals surface area contributed by atoms with Crippen molar-refractivity contribution in [1.82, 2.24) is 0 Å². The summed E-state index contributed by atoms with van der Waals surface area (Å²) in [4.78, 5) is 0. The first-order valence-corrected chi connectivity index (χ1v) is 4.53. The van der Waals surface area contributed by atoms with Gasteiger partial charge in [-0.05, 0) is 24.3 Å². The highest BCUT2D eigenvalue weighted by atomic mass is 14.8. The van der Waals surface area contributed by atoms with Crippen molar-refractivity contribution < 1.29 is 0 Å². The molecule has 1 aromatic carbocycles. The van der Waals surface area contributed by atoms with Crippen LogP contribution in [0.3, 0.4) is 0 Å². The molecular formula is C11H15N. The summed E-state index contributed by atoms with van der Waals surface area (Å²) in [5.74, 6) is 0.706. The molecule has 0 radical (unpaired) electrons. The van der Waals surface area contributed by atoms with Crippen molar-refractivity contribution in [3.05, 3.63) is 35.9 Å². The van der Waals surface area contributed by atoms with Crippen LogP contribution in [0, 0.1) is 5.92 Å².